The summed E-state index contributed by atoms with van der Waals surface area (Å²) in [6.07, 6.45) is -4.04. The van der Waals surface area contributed by atoms with Crippen LogP contribution >= 0.6 is 7.60 Å². The molecule has 0 heterocycles. The van der Waals surface area contributed by atoms with Gasteiger partial charge in [0, 0.05) is 6.42 Å². The van der Waals surface area contributed by atoms with E-state index in [1.54, 1.807) is 0 Å². The summed E-state index contributed by atoms with van der Waals surface area (Å²) in [5.74, 6) is -1.92. The molecule has 0 aromatic carbocycles. The Hall–Kier alpha value is -1.31. The maximum absolute atomic E-state index is 10.6. The molecule has 15 heavy (non-hydrogen) atoms. The lowest BCUT2D eigenvalue weighted by molar-refractivity contribution is 0.0491. The van der Waals surface area contributed by atoms with Crippen molar-refractivity contribution in [3.63, 3.8) is 0 Å². The van der Waals surface area contributed by atoms with Gasteiger partial charge < -0.3 is 29.5 Å². The Morgan fingerprint density at radius 3 is 2.07 bits per heavy atom. The minimum absolute atomic E-state index is 0.553. The van der Waals surface area contributed by atoms with Gasteiger partial charge in [0.25, 0.3) is 0 Å². The monoisotopic (exact) mass is 244 g/mol. The summed E-state index contributed by atoms with van der Waals surface area (Å²) in [5.41, 5.74) is 0. The molecule has 0 fully saturated rings. The third-order valence-corrected chi connectivity index (χ3v) is 2.32. The first-order valence-electron chi connectivity index (χ1n) is 3.54. The van der Waals surface area contributed by atoms with Gasteiger partial charge in [-0.05, 0) is 0 Å². The molecule has 0 spiro atoms. The summed E-state index contributed by atoms with van der Waals surface area (Å²) >= 11 is 0. The molecule has 88 valence electrons. The number of carbonyl (C=O) groups is 2. The molecule has 4 N–H and O–H groups in total. The van der Waals surface area contributed by atoms with Crippen molar-refractivity contribution in [1.29, 1.82) is 0 Å². The summed E-state index contributed by atoms with van der Waals surface area (Å²) in [4.78, 5) is 37.1. The highest BCUT2D eigenvalue weighted by Gasteiger charge is 2.32. The topological polar surface area (TPSA) is 151 Å². The third kappa shape index (κ3) is 6.72. The molecule has 0 bridgehead atoms. The van der Waals surface area contributed by atoms with Gasteiger partial charge >= 0.3 is 19.9 Å². The zero-order chi connectivity index (χ0) is 12.1. The second-order valence-corrected chi connectivity index (χ2v) is 4.08. The van der Waals surface area contributed by atoms with E-state index in [-0.39, 0.29) is 0 Å². The average molecular weight is 244 g/mol. The average Bonchev–Trinajstić information content (AvgIpc) is 1.99. The van der Waals surface area contributed by atoms with Crippen LogP contribution in [0.5, 0.6) is 0 Å². The van der Waals surface area contributed by atoms with Crippen molar-refractivity contribution in [2.75, 3.05) is 6.61 Å². The van der Waals surface area contributed by atoms with Gasteiger partial charge in [-0.1, -0.05) is 0 Å². The van der Waals surface area contributed by atoms with Crippen LogP contribution in [0, 0.1) is 0 Å². The van der Waals surface area contributed by atoms with Crippen LogP contribution in [-0.4, -0.2) is 44.8 Å². The summed E-state index contributed by atoms with van der Waals surface area (Å²) in [6.45, 7) is -0.571. The number of hydrogen-bond acceptors (Lipinski definition) is 5. The lowest BCUT2D eigenvalue weighted by atomic mass is 10.5. The zero-order valence-electron chi connectivity index (χ0n) is 7.27. The highest BCUT2D eigenvalue weighted by molar-refractivity contribution is 7.52. The Bertz CT molecular complexity index is 280. The van der Waals surface area contributed by atoms with Gasteiger partial charge in [-0.25, -0.2) is 9.59 Å². The quantitative estimate of drug-likeness (QED) is 0.394. The minimum Gasteiger partial charge on any atom is -0.450 e. The summed E-state index contributed by atoms with van der Waals surface area (Å²) < 4.78 is 18.5. The van der Waals surface area contributed by atoms with E-state index in [0.29, 0.717) is 0 Å². The first-order chi connectivity index (χ1) is 6.73. The van der Waals surface area contributed by atoms with Crippen LogP contribution in [0.15, 0.2) is 0 Å². The SMILES string of the molecule is O=C(O)OCCC(OC(=O)O)P(=O)(O)O. The van der Waals surface area contributed by atoms with E-state index in [2.05, 4.69) is 9.47 Å². The summed E-state index contributed by atoms with van der Waals surface area (Å²) in [6, 6.07) is 0. The van der Waals surface area contributed by atoms with E-state index in [4.69, 9.17) is 20.0 Å². The van der Waals surface area contributed by atoms with Crippen LogP contribution in [0.2, 0.25) is 0 Å². The van der Waals surface area contributed by atoms with Crippen LogP contribution in [0.1, 0.15) is 6.42 Å². The molecule has 0 saturated carbocycles. The highest BCUT2D eigenvalue weighted by atomic mass is 31.2. The fourth-order valence-corrected chi connectivity index (χ4v) is 1.33. The molecule has 1 atom stereocenters. The number of ether oxygens (including phenoxy) is 2. The Labute approximate surface area is 83.4 Å². The molecule has 1 unspecified atom stereocenters. The van der Waals surface area contributed by atoms with E-state index in [1.165, 1.54) is 0 Å². The smallest absolute Gasteiger partial charge is 0.450 e. The van der Waals surface area contributed by atoms with E-state index in [0.717, 1.165) is 0 Å². The fourth-order valence-electron chi connectivity index (χ4n) is 0.659. The second kappa shape index (κ2) is 5.54. The van der Waals surface area contributed by atoms with Crippen molar-refractivity contribution in [3.05, 3.63) is 0 Å². The predicted molar refractivity (Wildman–Crippen MR) is 43.5 cm³/mol. The van der Waals surface area contributed by atoms with Crippen LogP contribution in [0.3, 0.4) is 0 Å². The van der Waals surface area contributed by atoms with Gasteiger partial charge in [0.05, 0.1) is 6.61 Å². The molecule has 0 rings (SSSR count). The predicted octanol–water partition coefficient (Wildman–Crippen LogP) is 0.269. The molecule has 0 aromatic heterocycles. The zero-order valence-corrected chi connectivity index (χ0v) is 8.16. The lowest BCUT2D eigenvalue weighted by Gasteiger charge is -2.16. The maximum atomic E-state index is 10.6. The molecule has 10 heteroatoms. The first kappa shape index (κ1) is 13.7. The van der Waals surface area contributed by atoms with E-state index >= 15 is 0 Å². The van der Waals surface area contributed by atoms with Crippen molar-refractivity contribution in [3.8, 4) is 0 Å². The van der Waals surface area contributed by atoms with Gasteiger partial charge in [0.2, 0.25) is 5.85 Å². The summed E-state index contributed by atoms with van der Waals surface area (Å²) in [7, 11) is -4.77. The van der Waals surface area contributed by atoms with E-state index in [1.807, 2.05) is 0 Å². The van der Waals surface area contributed by atoms with Gasteiger partial charge in [0.15, 0.2) is 0 Å². The molecule has 0 radical (unpaired) electrons. The lowest BCUT2D eigenvalue weighted by Crippen LogP contribution is -2.20. The largest absolute Gasteiger partial charge is 0.506 e. The van der Waals surface area contributed by atoms with Crippen LogP contribution in [0.25, 0.3) is 0 Å². The standard InChI is InChI=1S/C5H9O9P/c6-4(7)13-2-1-3(14-5(8)9)15(10,11)12/h3H,1-2H2,(H,6,7)(H,8,9)(H2,10,11,12). The van der Waals surface area contributed by atoms with Crippen molar-refractivity contribution >= 4 is 19.9 Å². The highest BCUT2D eigenvalue weighted by Crippen LogP contribution is 2.43. The fraction of sp³-hybridized carbons (Fsp3) is 0.600. The number of carboxylic acid groups (broad SMARTS) is 2. The van der Waals surface area contributed by atoms with Gasteiger partial charge in [0.1, 0.15) is 0 Å². The van der Waals surface area contributed by atoms with Gasteiger partial charge in [-0.15, -0.1) is 0 Å². The van der Waals surface area contributed by atoms with Crippen molar-refractivity contribution in [2.45, 2.75) is 12.3 Å². The van der Waals surface area contributed by atoms with Crippen molar-refractivity contribution in [2.24, 2.45) is 0 Å². The van der Waals surface area contributed by atoms with Crippen molar-refractivity contribution < 1.29 is 43.6 Å². The maximum Gasteiger partial charge on any atom is 0.506 e. The van der Waals surface area contributed by atoms with E-state index in [9.17, 15) is 14.2 Å². The third-order valence-electron chi connectivity index (χ3n) is 1.20. The van der Waals surface area contributed by atoms with Gasteiger partial charge in [-0.3, -0.25) is 4.57 Å². The Balaban J connectivity index is 4.21. The Morgan fingerprint density at radius 2 is 1.73 bits per heavy atom. The molecule has 0 saturated heterocycles. The second-order valence-electron chi connectivity index (χ2n) is 2.33. The first-order valence-corrected chi connectivity index (χ1v) is 5.22. The van der Waals surface area contributed by atoms with E-state index < -0.39 is 38.8 Å². The minimum atomic E-state index is -4.77. The van der Waals surface area contributed by atoms with Crippen LogP contribution in [-0.2, 0) is 14.0 Å². The van der Waals surface area contributed by atoms with Crippen molar-refractivity contribution in [1.82, 2.24) is 0 Å². The number of hydrogen-bond donors (Lipinski definition) is 4. The molecule has 0 aliphatic heterocycles. The number of rotatable bonds is 5. The molecule has 0 aliphatic carbocycles. The summed E-state index contributed by atoms with van der Waals surface area (Å²) in [5, 5.41) is 16.2. The molecular weight excluding hydrogens is 235 g/mol. The van der Waals surface area contributed by atoms with Gasteiger partial charge in [-0.2, -0.15) is 0 Å². The Kier molecular flexibility index (Phi) is 5.06. The van der Waals surface area contributed by atoms with Crippen LogP contribution < -0.4 is 0 Å². The molecule has 0 aliphatic rings. The Morgan fingerprint density at radius 1 is 1.20 bits per heavy atom. The molecule has 9 nitrogen and oxygen atoms in total. The molecule has 0 amide bonds. The molecular formula is C5H9O9P. The van der Waals surface area contributed by atoms with Crippen LogP contribution in [0.4, 0.5) is 9.59 Å². The molecule has 0 aromatic rings. The normalized spacial score (nSPS) is 12.9.